The van der Waals surface area contributed by atoms with Crippen LogP contribution in [0.1, 0.15) is 16.6 Å². The van der Waals surface area contributed by atoms with Crippen LogP contribution in [0.5, 0.6) is 0 Å². The van der Waals surface area contributed by atoms with Gasteiger partial charge in [0.15, 0.2) is 0 Å². The van der Waals surface area contributed by atoms with Gasteiger partial charge in [0.25, 0.3) is 0 Å². The first-order chi connectivity index (χ1) is 9.84. The van der Waals surface area contributed by atoms with E-state index in [1.807, 2.05) is 30.3 Å². The fourth-order valence-electron chi connectivity index (χ4n) is 2.30. The van der Waals surface area contributed by atoms with Crippen molar-refractivity contribution in [2.24, 2.45) is 0 Å². The van der Waals surface area contributed by atoms with Crippen LogP contribution >= 0.6 is 11.8 Å². The number of fused-ring (bicyclic) bond motifs is 1. The SMILES string of the molecule is OC(SCc1cccc2ccccc12)c1ccccc1. The zero-order valence-electron chi connectivity index (χ0n) is 11.1. The number of aliphatic hydroxyl groups is 1. The fourth-order valence-corrected chi connectivity index (χ4v) is 3.24. The van der Waals surface area contributed by atoms with Crippen LogP contribution < -0.4 is 0 Å². The Morgan fingerprint density at radius 3 is 2.35 bits per heavy atom. The lowest BCUT2D eigenvalue weighted by molar-refractivity contribution is 0.270. The van der Waals surface area contributed by atoms with Crippen molar-refractivity contribution in [3.8, 4) is 0 Å². The monoisotopic (exact) mass is 280 g/mol. The second-order valence-electron chi connectivity index (χ2n) is 4.71. The summed E-state index contributed by atoms with van der Waals surface area (Å²) in [5.41, 5.74) is 1.75. The molecule has 0 bridgehead atoms. The van der Waals surface area contributed by atoms with Gasteiger partial charge in [-0.05, 0) is 21.9 Å². The molecule has 0 aromatic heterocycles. The maximum Gasteiger partial charge on any atom is 0.125 e. The maximum atomic E-state index is 10.2. The van der Waals surface area contributed by atoms with Crippen molar-refractivity contribution in [3.63, 3.8) is 0 Å². The average Bonchev–Trinajstić information content (AvgIpc) is 2.53. The summed E-state index contributed by atoms with van der Waals surface area (Å²) < 4.78 is 0. The Labute approximate surface area is 123 Å². The van der Waals surface area contributed by atoms with E-state index in [2.05, 4.69) is 42.5 Å². The van der Waals surface area contributed by atoms with Crippen LogP contribution in [0.2, 0.25) is 0 Å². The summed E-state index contributed by atoms with van der Waals surface area (Å²) in [6.07, 6.45) is 0. The number of hydrogen-bond donors (Lipinski definition) is 1. The smallest absolute Gasteiger partial charge is 0.125 e. The Morgan fingerprint density at radius 2 is 1.50 bits per heavy atom. The number of benzene rings is 3. The van der Waals surface area contributed by atoms with E-state index in [0.29, 0.717) is 0 Å². The molecule has 0 aliphatic heterocycles. The number of hydrogen-bond acceptors (Lipinski definition) is 2. The molecule has 1 N–H and O–H groups in total. The Hall–Kier alpha value is -1.77. The van der Waals surface area contributed by atoms with E-state index in [1.165, 1.54) is 16.3 Å². The Kier molecular flexibility index (Phi) is 4.05. The summed E-state index contributed by atoms with van der Waals surface area (Å²) in [5.74, 6) is 0.803. The Morgan fingerprint density at radius 1 is 0.800 bits per heavy atom. The van der Waals surface area contributed by atoms with Gasteiger partial charge in [-0.3, -0.25) is 0 Å². The minimum atomic E-state index is -0.477. The van der Waals surface area contributed by atoms with Gasteiger partial charge < -0.3 is 5.11 Å². The van der Waals surface area contributed by atoms with Crippen molar-refractivity contribution in [2.75, 3.05) is 0 Å². The summed E-state index contributed by atoms with van der Waals surface area (Å²) in [5, 5.41) is 12.7. The van der Waals surface area contributed by atoms with E-state index in [0.717, 1.165) is 11.3 Å². The molecule has 3 aromatic carbocycles. The molecule has 0 aliphatic rings. The van der Waals surface area contributed by atoms with Crippen LogP contribution in [-0.2, 0) is 5.75 Å². The van der Waals surface area contributed by atoms with Crippen molar-refractivity contribution in [1.29, 1.82) is 0 Å². The zero-order valence-corrected chi connectivity index (χ0v) is 11.9. The minimum absolute atomic E-state index is 0.477. The molecule has 1 atom stereocenters. The fraction of sp³-hybridized carbons (Fsp3) is 0.111. The molecule has 0 saturated heterocycles. The molecule has 0 fully saturated rings. The van der Waals surface area contributed by atoms with Gasteiger partial charge in [0.1, 0.15) is 5.44 Å². The lowest BCUT2D eigenvalue weighted by Crippen LogP contribution is -1.93. The molecule has 3 rings (SSSR count). The lowest BCUT2D eigenvalue weighted by Gasteiger charge is -2.12. The first-order valence-corrected chi connectivity index (χ1v) is 7.71. The Balaban J connectivity index is 1.77. The van der Waals surface area contributed by atoms with Crippen molar-refractivity contribution < 1.29 is 5.11 Å². The molecule has 0 saturated carbocycles. The highest BCUT2D eigenvalue weighted by atomic mass is 32.2. The molecule has 1 unspecified atom stereocenters. The predicted molar refractivity (Wildman–Crippen MR) is 86.6 cm³/mol. The summed E-state index contributed by atoms with van der Waals surface area (Å²) in [7, 11) is 0. The molecule has 20 heavy (non-hydrogen) atoms. The molecule has 0 aliphatic carbocycles. The third-order valence-corrected chi connectivity index (χ3v) is 4.43. The normalized spacial score (nSPS) is 12.4. The number of thioether (sulfide) groups is 1. The highest BCUT2D eigenvalue weighted by Crippen LogP contribution is 2.31. The molecule has 0 heterocycles. The van der Waals surface area contributed by atoms with Crippen molar-refractivity contribution in [1.82, 2.24) is 0 Å². The maximum absolute atomic E-state index is 10.2. The first kappa shape index (κ1) is 13.2. The molecule has 0 amide bonds. The van der Waals surface area contributed by atoms with Crippen LogP contribution in [0.25, 0.3) is 10.8 Å². The predicted octanol–water partition coefficient (Wildman–Crippen LogP) is 4.76. The lowest BCUT2D eigenvalue weighted by atomic mass is 10.1. The summed E-state index contributed by atoms with van der Waals surface area (Å²) in [4.78, 5) is 0. The van der Waals surface area contributed by atoms with Gasteiger partial charge in [-0.15, -0.1) is 11.8 Å². The van der Waals surface area contributed by atoms with Crippen molar-refractivity contribution in [3.05, 3.63) is 83.9 Å². The molecule has 100 valence electrons. The standard InChI is InChI=1S/C18H16OS/c19-18(15-8-2-1-3-9-15)20-13-16-11-6-10-14-7-4-5-12-17(14)16/h1-12,18-19H,13H2. The molecule has 0 radical (unpaired) electrons. The van der Waals surface area contributed by atoms with E-state index in [4.69, 9.17) is 0 Å². The number of aliphatic hydroxyl groups excluding tert-OH is 1. The first-order valence-electron chi connectivity index (χ1n) is 6.66. The van der Waals surface area contributed by atoms with Gasteiger partial charge >= 0.3 is 0 Å². The van der Waals surface area contributed by atoms with Gasteiger partial charge in [-0.25, -0.2) is 0 Å². The summed E-state index contributed by atoms with van der Waals surface area (Å²) in [6, 6.07) is 24.5. The highest BCUT2D eigenvalue weighted by Gasteiger charge is 2.08. The average molecular weight is 280 g/mol. The minimum Gasteiger partial charge on any atom is -0.378 e. The molecular weight excluding hydrogens is 264 g/mol. The van der Waals surface area contributed by atoms with Gasteiger partial charge in [0.05, 0.1) is 0 Å². The molecule has 3 aromatic rings. The van der Waals surface area contributed by atoms with E-state index in [-0.39, 0.29) is 0 Å². The van der Waals surface area contributed by atoms with E-state index >= 15 is 0 Å². The van der Waals surface area contributed by atoms with Crippen molar-refractivity contribution in [2.45, 2.75) is 11.2 Å². The molecule has 1 nitrogen and oxygen atoms in total. The topological polar surface area (TPSA) is 20.2 Å². The van der Waals surface area contributed by atoms with Crippen LogP contribution in [0, 0.1) is 0 Å². The third-order valence-electron chi connectivity index (χ3n) is 3.36. The van der Waals surface area contributed by atoms with Crippen LogP contribution in [-0.4, -0.2) is 5.11 Å². The summed E-state index contributed by atoms with van der Waals surface area (Å²) >= 11 is 1.55. The van der Waals surface area contributed by atoms with Gasteiger partial charge in [0, 0.05) is 5.75 Å². The van der Waals surface area contributed by atoms with Gasteiger partial charge in [-0.2, -0.15) is 0 Å². The summed E-state index contributed by atoms with van der Waals surface area (Å²) in [6.45, 7) is 0. The van der Waals surface area contributed by atoms with E-state index < -0.39 is 5.44 Å². The van der Waals surface area contributed by atoms with Crippen LogP contribution in [0.3, 0.4) is 0 Å². The van der Waals surface area contributed by atoms with Gasteiger partial charge in [0.2, 0.25) is 0 Å². The second-order valence-corrected chi connectivity index (χ2v) is 5.78. The zero-order chi connectivity index (χ0) is 13.8. The highest BCUT2D eigenvalue weighted by molar-refractivity contribution is 7.98. The van der Waals surface area contributed by atoms with Crippen molar-refractivity contribution >= 4 is 22.5 Å². The third kappa shape index (κ3) is 2.87. The second kappa shape index (κ2) is 6.12. The largest absolute Gasteiger partial charge is 0.378 e. The Bertz CT molecular complexity index is 689. The van der Waals surface area contributed by atoms with E-state index in [9.17, 15) is 5.11 Å². The number of rotatable bonds is 4. The van der Waals surface area contributed by atoms with Crippen LogP contribution in [0.4, 0.5) is 0 Å². The molecule has 2 heteroatoms. The molecular formula is C18H16OS. The quantitative estimate of drug-likeness (QED) is 0.695. The molecule has 0 spiro atoms. The van der Waals surface area contributed by atoms with E-state index in [1.54, 1.807) is 11.8 Å². The van der Waals surface area contributed by atoms with Gasteiger partial charge in [-0.1, -0.05) is 72.8 Å². The van der Waals surface area contributed by atoms with Crippen LogP contribution in [0.15, 0.2) is 72.8 Å².